The number of nitrogens with zero attached hydrogens (tertiary/aromatic N) is 3. The second-order valence-corrected chi connectivity index (χ2v) is 6.65. The zero-order chi connectivity index (χ0) is 18.0. The highest BCUT2D eigenvalue weighted by molar-refractivity contribution is 5.90. The van der Waals surface area contributed by atoms with Gasteiger partial charge in [-0.3, -0.25) is 9.58 Å². The van der Waals surface area contributed by atoms with Crippen LogP contribution >= 0.6 is 0 Å². The molecule has 0 unspecified atom stereocenters. The Hall–Kier alpha value is -2.34. The van der Waals surface area contributed by atoms with Crippen molar-refractivity contribution in [2.45, 2.75) is 19.4 Å². The van der Waals surface area contributed by atoms with Gasteiger partial charge >= 0.3 is 5.97 Å². The zero-order valence-corrected chi connectivity index (χ0v) is 15.2. The predicted molar refractivity (Wildman–Crippen MR) is 94.7 cm³/mol. The SMILES string of the molecule is COc1ccc([C@H]2[C@@H](COC(=O)c3cn(C)nc3C)CCN2C)cc1. The summed E-state index contributed by atoms with van der Waals surface area (Å²) in [7, 11) is 5.58. The van der Waals surface area contributed by atoms with Crippen molar-refractivity contribution in [1.29, 1.82) is 0 Å². The molecule has 1 fully saturated rings. The first-order valence-corrected chi connectivity index (χ1v) is 8.51. The third-order valence-electron chi connectivity index (χ3n) is 4.89. The van der Waals surface area contributed by atoms with Crippen LogP contribution < -0.4 is 4.74 Å². The number of likely N-dealkylation sites (tertiary alicyclic amines) is 1. The number of benzene rings is 1. The Morgan fingerprint density at radius 3 is 2.60 bits per heavy atom. The van der Waals surface area contributed by atoms with E-state index in [1.165, 1.54) is 5.56 Å². The van der Waals surface area contributed by atoms with Crippen molar-refractivity contribution in [3.8, 4) is 5.75 Å². The fourth-order valence-corrected chi connectivity index (χ4v) is 3.59. The maximum absolute atomic E-state index is 12.3. The first kappa shape index (κ1) is 17.5. The molecule has 1 saturated heterocycles. The standard InChI is InChI=1S/C19H25N3O3/c1-13-17(11-22(3)20-13)19(23)25-12-15-9-10-21(2)18(15)14-5-7-16(24-4)8-6-14/h5-8,11,15,18H,9-10,12H2,1-4H3/t15-,18+/m1/s1. The maximum Gasteiger partial charge on any atom is 0.341 e. The van der Waals surface area contributed by atoms with Crippen LogP contribution in [0.3, 0.4) is 0 Å². The number of aryl methyl sites for hydroxylation is 2. The lowest BCUT2D eigenvalue weighted by Crippen LogP contribution is -2.24. The Balaban J connectivity index is 1.68. The minimum absolute atomic E-state index is 0.244. The smallest absolute Gasteiger partial charge is 0.341 e. The average molecular weight is 343 g/mol. The molecular weight excluding hydrogens is 318 g/mol. The number of rotatable bonds is 5. The third-order valence-corrected chi connectivity index (χ3v) is 4.89. The zero-order valence-electron chi connectivity index (χ0n) is 15.2. The summed E-state index contributed by atoms with van der Waals surface area (Å²) in [6.07, 6.45) is 2.71. The summed E-state index contributed by atoms with van der Waals surface area (Å²) in [4.78, 5) is 14.7. The molecule has 6 heteroatoms. The van der Waals surface area contributed by atoms with Crippen molar-refractivity contribution in [3.63, 3.8) is 0 Å². The normalized spacial score (nSPS) is 20.6. The van der Waals surface area contributed by atoms with E-state index in [2.05, 4.69) is 29.2 Å². The number of methoxy groups -OCH3 is 1. The van der Waals surface area contributed by atoms with Gasteiger partial charge in [0.15, 0.2) is 0 Å². The van der Waals surface area contributed by atoms with Gasteiger partial charge in [-0.2, -0.15) is 5.10 Å². The molecule has 25 heavy (non-hydrogen) atoms. The Morgan fingerprint density at radius 1 is 1.28 bits per heavy atom. The first-order valence-electron chi connectivity index (χ1n) is 8.51. The Labute approximate surface area is 148 Å². The number of hydrogen-bond donors (Lipinski definition) is 0. The highest BCUT2D eigenvalue weighted by atomic mass is 16.5. The van der Waals surface area contributed by atoms with E-state index < -0.39 is 0 Å². The molecule has 0 amide bonds. The summed E-state index contributed by atoms with van der Waals surface area (Å²) in [5.41, 5.74) is 2.46. The number of carbonyl (C=O) groups excluding carboxylic acids is 1. The molecule has 0 spiro atoms. The number of carbonyl (C=O) groups is 1. The van der Waals surface area contributed by atoms with Crippen LogP contribution in [0.5, 0.6) is 5.75 Å². The van der Waals surface area contributed by atoms with Gasteiger partial charge in [0, 0.05) is 25.2 Å². The summed E-state index contributed by atoms with van der Waals surface area (Å²) in [5, 5.41) is 4.20. The van der Waals surface area contributed by atoms with Gasteiger partial charge in [0.2, 0.25) is 0 Å². The molecule has 2 atom stereocenters. The van der Waals surface area contributed by atoms with E-state index in [-0.39, 0.29) is 17.9 Å². The van der Waals surface area contributed by atoms with E-state index in [9.17, 15) is 4.79 Å². The van der Waals surface area contributed by atoms with E-state index >= 15 is 0 Å². The maximum atomic E-state index is 12.3. The Kier molecular flexibility index (Phi) is 5.08. The Morgan fingerprint density at radius 2 is 2.00 bits per heavy atom. The molecule has 1 aromatic heterocycles. The number of esters is 1. The lowest BCUT2D eigenvalue weighted by Gasteiger charge is -2.25. The predicted octanol–water partition coefficient (Wildman–Crippen LogP) is 2.59. The summed E-state index contributed by atoms with van der Waals surface area (Å²) in [6.45, 7) is 3.22. The molecule has 0 radical (unpaired) electrons. The van der Waals surface area contributed by atoms with Crippen molar-refractivity contribution in [2.75, 3.05) is 27.3 Å². The van der Waals surface area contributed by atoms with Gasteiger partial charge in [-0.25, -0.2) is 4.79 Å². The van der Waals surface area contributed by atoms with E-state index in [4.69, 9.17) is 9.47 Å². The average Bonchev–Trinajstić information content (AvgIpc) is 3.14. The highest BCUT2D eigenvalue weighted by Gasteiger charge is 2.34. The number of ether oxygens (including phenoxy) is 2. The van der Waals surface area contributed by atoms with Crippen molar-refractivity contribution in [3.05, 3.63) is 47.3 Å². The van der Waals surface area contributed by atoms with Crippen LogP contribution in [0, 0.1) is 12.8 Å². The van der Waals surface area contributed by atoms with E-state index in [0.29, 0.717) is 17.9 Å². The molecule has 1 aliphatic heterocycles. The number of hydrogen-bond acceptors (Lipinski definition) is 5. The quantitative estimate of drug-likeness (QED) is 0.781. The molecule has 2 heterocycles. The molecule has 6 nitrogen and oxygen atoms in total. The van der Waals surface area contributed by atoms with Gasteiger partial charge in [0.1, 0.15) is 11.3 Å². The van der Waals surface area contributed by atoms with E-state index in [0.717, 1.165) is 18.7 Å². The Bertz CT molecular complexity index is 739. The van der Waals surface area contributed by atoms with Crippen molar-refractivity contribution >= 4 is 5.97 Å². The third kappa shape index (κ3) is 3.69. The molecule has 0 bridgehead atoms. The highest BCUT2D eigenvalue weighted by Crippen LogP contribution is 2.36. The minimum Gasteiger partial charge on any atom is -0.497 e. The second-order valence-electron chi connectivity index (χ2n) is 6.65. The fourth-order valence-electron chi connectivity index (χ4n) is 3.59. The van der Waals surface area contributed by atoms with Gasteiger partial charge in [-0.15, -0.1) is 0 Å². The van der Waals surface area contributed by atoms with Crippen molar-refractivity contribution in [1.82, 2.24) is 14.7 Å². The molecule has 2 aromatic rings. The van der Waals surface area contributed by atoms with Crippen LogP contribution in [-0.2, 0) is 11.8 Å². The topological polar surface area (TPSA) is 56.6 Å². The van der Waals surface area contributed by atoms with Crippen LogP contribution in [-0.4, -0.2) is 48.0 Å². The van der Waals surface area contributed by atoms with Crippen molar-refractivity contribution < 1.29 is 14.3 Å². The van der Waals surface area contributed by atoms with E-state index in [1.807, 2.05) is 19.1 Å². The molecule has 0 saturated carbocycles. The monoisotopic (exact) mass is 343 g/mol. The van der Waals surface area contributed by atoms with E-state index in [1.54, 1.807) is 25.0 Å². The summed E-state index contributed by atoms with van der Waals surface area (Å²) in [5.74, 6) is 0.826. The molecule has 134 valence electrons. The van der Waals surface area contributed by atoms with Gasteiger partial charge in [0.25, 0.3) is 0 Å². The van der Waals surface area contributed by atoms with Crippen LogP contribution in [0.1, 0.15) is 34.1 Å². The first-order chi connectivity index (χ1) is 12.0. The molecule has 0 N–H and O–H groups in total. The largest absolute Gasteiger partial charge is 0.497 e. The van der Waals surface area contributed by atoms with Crippen LogP contribution in [0.25, 0.3) is 0 Å². The minimum atomic E-state index is -0.298. The summed E-state index contributed by atoms with van der Waals surface area (Å²) in [6, 6.07) is 8.37. The lowest BCUT2D eigenvalue weighted by molar-refractivity contribution is 0.0411. The molecule has 1 aromatic carbocycles. The molecule has 3 rings (SSSR count). The van der Waals surface area contributed by atoms with Crippen LogP contribution in [0.15, 0.2) is 30.5 Å². The van der Waals surface area contributed by atoms with Gasteiger partial charge in [-0.1, -0.05) is 12.1 Å². The molecule has 1 aliphatic rings. The van der Waals surface area contributed by atoms with Crippen molar-refractivity contribution in [2.24, 2.45) is 13.0 Å². The number of aromatic nitrogens is 2. The van der Waals surface area contributed by atoms with Gasteiger partial charge < -0.3 is 9.47 Å². The molecular formula is C19H25N3O3. The lowest BCUT2D eigenvalue weighted by atomic mass is 9.94. The van der Waals surface area contributed by atoms with Crippen LogP contribution in [0.4, 0.5) is 0 Å². The fraction of sp³-hybridized carbons (Fsp3) is 0.474. The summed E-state index contributed by atoms with van der Waals surface area (Å²) < 4.78 is 12.5. The van der Waals surface area contributed by atoms with Gasteiger partial charge in [-0.05, 0) is 44.6 Å². The second kappa shape index (κ2) is 7.27. The van der Waals surface area contributed by atoms with Crippen LogP contribution in [0.2, 0.25) is 0 Å². The summed E-state index contributed by atoms with van der Waals surface area (Å²) >= 11 is 0. The van der Waals surface area contributed by atoms with Gasteiger partial charge in [0.05, 0.1) is 19.4 Å². The molecule has 0 aliphatic carbocycles.